The van der Waals surface area contributed by atoms with Crippen molar-refractivity contribution in [2.24, 2.45) is 0 Å². The number of nitrogens with one attached hydrogen (secondary N) is 1. The molecule has 0 fully saturated rings. The maximum Gasteiger partial charge on any atom is 0.255 e. The smallest absolute Gasteiger partial charge is 0.255 e. The fourth-order valence-electron chi connectivity index (χ4n) is 1.55. The van der Waals surface area contributed by atoms with Gasteiger partial charge in [0.15, 0.2) is 0 Å². The highest BCUT2D eigenvalue weighted by molar-refractivity contribution is 5.97. The lowest BCUT2D eigenvalue weighted by Gasteiger charge is -2.13. The van der Waals surface area contributed by atoms with Gasteiger partial charge >= 0.3 is 0 Å². The van der Waals surface area contributed by atoms with Gasteiger partial charge in [-0.3, -0.25) is 4.79 Å². The molecule has 0 aliphatic rings. The molecule has 5 nitrogen and oxygen atoms in total. The molecule has 0 bridgehead atoms. The summed E-state index contributed by atoms with van der Waals surface area (Å²) in [5, 5.41) is 10.9. The molecule has 0 unspecified atom stereocenters. The lowest BCUT2D eigenvalue weighted by molar-refractivity contribution is 0.0955. The number of hydrogen-bond acceptors (Lipinski definition) is 4. The lowest BCUT2D eigenvalue weighted by atomic mass is 10.1. The summed E-state index contributed by atoms with van der Waals surface area (Å²) in [4.78, 5) is 11.8. The Morgan fingerprint density at radius 1 is 1.41 bits per heavy atom. The van der Waals surface area contributed by atoms with Gasteiger partial charge in [-0.1, -0.05) is 0 Å². The molecule has 0 spiro atoms. The van der Waals surface area contributed by atoms with Crippen molar-refractivity contribution in [1.82, 2.24) is 5.32 Å². The van der Waals surface area contributed by atoms with Gasteiger partial charge in [-0.25, -0.2) is 0 Å². The zero-order chi connectivity index (χ0) is 12.8. The minimum Gasteiger partial charge on any atom is -0.496 e. The van der Waals surface area contributed by atoms with Crippen LogP contribution in [0.1, 0.15) is 15.9 Å². The van der Waals surface area contributed by atoms with Crippen molar-refractivity contribution < 1.29 is 14.3 Å². The first-order valence-corrected chi connectivity index (χ1v) is 5.02. The quantitative estimate of drug-likeness (QED) is 0.796. The van der Waals surface area contributed by atoms with E-state index in [1.54, 1.807) is 26.2 Å². The Hall–Kier alpha value is -2.22. The van der Waals surface area contributed by atoms with Crippen molar-refractivity contribution in [3.63, 3.8) is 0 Å². The van der Waals surface area contributed by atoms with Crippen molar-refractivity contribution in [3.8, 4) is 17.6 Å². The molecule has 1 aromatic rings. The van der Waals surface area contributed by atoms with Gasteiger partial charge < -0.3 is 14.8 Å². The topological polar surface area (TPSA) is 71.3 Å². The largest absolute Gasteiger partial charge is 0.496 e. The monoisotopic (exact) mass is 234 g/mol. The summed E-state index contributed by atoms with van der Waals surface area (Å²) < 4.78 is 10.3. The number of nitriles is 1. The molecule has 17 heavy (non-hydrogen) atoms. The Bertz CT molecular complexity index is 464. The number of benzene rings is 1. The first-order valence-electron chi connectivity index (χ1n) is 5.02. The van der Waals surface area contributed by atoms with E-state index in [1.165, 1.54) is 7.11 Å². The number of carbonyl (C=O) groups is 1. The first kappa shape index (κ1) is 12.8. The van der Waals surface area contributed by atoms with Gasteiger partial charge in [-0.05, 0) is 19.1 Å². The molecule has 0 atom stereocenters. The van der Waals surface area contributed by atoms with Crippen LogP contribution in [-0.2, 0) is 0 Å². The van der Waals surface area contributed by atoms with Crippen LogP contribution in [0, 0.1) is 18.3 Å². The number of ether oxygens (including phenoxy) is 2. The molecule has 0 heterocycles. The molecule has 90 valence electrons. The maximum absolute atomic E-state index is 11.8. The van der Waals surface area contributed by atoms with Gasteiger partial charge in [0.05, 0.1) is 25.9 Å². The highest BCUT2D eigenvalue weighted by Gasteiger charge is 2.16. The molecule has 1 aromatic carbocycles. The van der Waals surface area contributed by atoms with E-state index in [1.807, 2.05) is 6.07 Å². The van der Waals surface area contributed by atoms with E-state index in [0.29, 0.717) is 17.1 Å². The number of amides is 1. The summed E-state index contributed by atoms with van der Waals surface area (Å²) in [6.45, 7) is 1.77. The van der Waals surface area contributed by atoms with Crippen molar-refractivity contribution in [1.29, 1.82) is 5.26 Å². The third kappa shape index (κ3) is 2.67. The van der Waals surface area contributed by atoms with Gasteiger partial charge in [-0.2, -0.15) is 5.26 Å². The van der Waals surface area contributed by atoms with Gasteiger partial charge in [0.1, 0.15) is 18.0 Å². The predicted molar refractivity (Wildman–Crippen MR) is 62.2 cm³/mol. The summed E-state index contributed by atoms with van der Waals surface area (Å²) in [6.07, 6.45) is 0. The minimum atomic E-state index is -0.339. The van der Waals surface area contributed by atoms with Crippen LogP contribution in [0.3, 0.4) is 0 Å². The molecule has 0 saturated carbocycles. The number of rotatable bonds is 4. The van der Waals surface area contributed by atoms with Crippen LogP contribution in [0.25, 0.3) is 0 Å². The van der Waals surface area contributed by atoms with Gasteiger partial charge in [-0.15, -0.1) is 0 Å². The lowest BCUT2D eigenvalue weighted by Crippen LogP contribution is -2.24. The third-order valence-corrected chi connectivity index (χ3v) is 2.35. The highest BCUT2D eigenvalue weighted by Crippen LogP contribution is 2.31. The summed E-state index contributed by atoms with van der Waals surface area (Å²) in [6, 6.07) is 5.15. The average molecular weight is 234 g/mol. The van der Waals surface area contributed by atoms with Crippen molar-refractivity contribution in [3.05, 3.63) is 23.3 Å². The summed E-state index contributed by atoms with van der Waals surface area (Å²) in [5.41, 5.74) is 1.14. The number of hydrogen-bond donors (Lipinski definition) is 1. The number of carbonyl (C=O) groups excluding carboxylic acids is 1. The fourth-order valence-corrected chi connectivity index (χ4v) is 1.55. The maximum atomic E-state index is 11.8. The Balaban J connectivity index is 3.13. The van der Waals surface area contributed by atoms with E-state index in [2.05, 4.69) is 5.32 Å². The van der Waals surface area contributed by atoms with Crippen LogP contribution in [0.5, 0.6) is 11.5 Å². The Kier molecular flexibility index (Phi) is 4.35. The van der Waals surface area contributed by atoms with Crippen LogP contribution >= 0.6 is 0 Å². The second-order valence-electron chi connectivity index (χ2n) is 3.31. The minimum absolute atomic E-state index is 0.0347. The summed E-state index contributed by atoms with van der Waals surface area (Å²) in [7, 11) is 3.04. The Labute approximate surface area is 100.0 Å². The molecule has 0 radical (unpaired) electrons. The van der Waals surface area contributed by atoms with E-state index in [0.717, 1.165) is 5.56 Å². The number of nitrogens with zero attached hydrogens (tertiary/aromatic N) is 1. The second-order valence-corrected chi connectivity index (χ2v) is 3.31. The molecular formula is C12H14N2O3. The molecule has 0 aliphatic carbocycles. The molecular weight excluding hydrogens is 220 g/mol. The average Bonchev–Trinajstić information content (AvgIpc) is 2.35. The normalized spacial score (nSPS) is 9.29. The molecule has 1 amide bonds. The van der Waals surface area contributed by atoms with E-state index in [-0.39, 0.29) is 12.5 Å². The SMILES string of the molecule is COc1ccc(C(=O)NCC#N)c(OC)c1C. The van der Waals surface area contributed by atoms with Crippen LogP contribution < -0.4 is 14.8 Å². The van der Waals surface area contributed by atoms with E-state index < -0.39 is 0 Å². The molecule has 0 aliphatic heterocycles. The third-order valence-electron chi connectivity index (χ3n) is 2.35. The fraction of sp³-hybridized carbons (Fsp3) is 0.333. The van der Waals surface area contributed by atoms with Crippen LogP contribution in [-0.4, -0.2) is 26.7 Å². The summed E-state index contributed by atoms with van der Waals surface area (Å²) in [5.74, 6) is 0.771. The van der Waals surface area contributed by atoms with Gasteiger partial charge in [0.2, 0.25) is 0 Å². The summed E-state index contributed by atoms with van der Waals surface area (Å²) >= 11 is 0. The molecule has 0 saturated heterocycles. The molecule has 1 rings (SSSR count). The van der Waals surface area contributed by atoms with E-state index in [4.69, 9.17) is 14.7 Å². The van der Waals surface area contributed by atoms with Gasteiger partial charge in [0, 0.05) is 5.56 Å². The zero-order valence-corrected chi connectivity index (χ0v) is 10.0. The van der Waals surface area contributed by atoms with Crippen LogP contribution in [0.2, 0.25) is 0 Å². The zero-order valence-electron chi connectivity index (χ0n) is 10.0. The highest BCUT2D eigenvalue weighted by atomic mass is 16.5. The Morgan fingerprint density at radius 3 is 2.65 bits per heavy atom. The van der Waals surface area contributed by atoms with E-state index >= 15 is 0 Å². The van der Waals surface area contributed by atoms with Crippen molar-refractivity contribution >= 4 is 5.91 Å². The molecule has 5 heteroatoms. The first-order chi connectivity index (χ1) is 8.15. The van der Waals surface area contributed by atoms with E-state index in [9.17, 15) is 4.79 Å². The van der Waals surface area contributed by atoms with Crippen LogP contribution in [0.15, 0.2) is 12.1 Å². The Morgan fingerprint density at radius 2 is 2.12 bits per heavy atom. The second kappa shape index (κ2) is 5.75. The van der Waals surface area contributed by atoms with Crippen LogP contribution in [0.4, 0.5) is 0 Å². The molecule has 0 aromatic heterocycles. The van der Waals surface area contributed by atoms with Crippen molar-refractivity contribution in [2.75, 3.05) is 20.8 Å². The number of methoxy groups -OCH3 is 2. The molecule has 1 N–H and O–H groups in total. The predicted octanol–water partition coefficient (Wildman–Crippen LogP) is 1.27. The van der Waals surface area contributed by atoms with Crippen molar-refractivity contribution in [2.45, 2.75) is 6.92 Å². The standard InChI is InChI=1S/C12H14N2O3/c1-8-10(16-2)5-4-9(11(8)17-3)12(15)14-7-6-13/h4-5H,7H2,1-3H3,(H,14,15). The van der Waals surface area contributed by atoms with Gasteiger partial charge in [0.25, 0.3) is 5.91 Å².